The smallest absolute Gasteiger partial charge is 0.339 e. The third kappa shape index (κ3) is 3.77. The minimum Gasteiger partial charge on any atom is -0.497 e. The van der Waals surface area contributed by atoms with Crippen LogP contribution in [0.25, 0.3) is 0 Å². The number of carbonyl (C=O) groups is 3. The van der Waals surface area contributed by atoms with Crippen LogP contribution in [0, 0.1) is 13.8 Å². The number of Topliss-reactive ketones (excluding diaryl/α,β-unsaturated/α-hetero) is 1. The summed E-state index contributed by atoms with van der Waals surface area (Å²) in [6.45, 7) is 4.79. The molecule has 0 aliphatic rings. The number of carbonyl (C=O) groups excluding carboxylic acids is 3. The van der Waals surface area contributed by atoms with Gasteiger partial charge in [0.05, 0.1) is 31.0 Å². The van der Waals surface area contributed by atoms with Crippen LogP contribution in [0.1, 0.15) is 49.4 Å². The zero-order chi connectivity index (χ0) is 19.4. The van der Waals surface area contributed by atoms with Gasteiger partial charge in [-0.2, -0.15) is 0 Å². The van der Waals surface area contributed by atoms with Gasteiger partial charge in [0.1, 0.15) is 5.75 Å². The monoisotopic (exact) mass is 359 g/mol. The Kier molecular flexibility index (Phi) is 5.82. The van der Waals surface area contributed by atoms with Crippen molar-refractivity contribution in [2.75, 3.05) is 14.2 Å². The van der Waals surface area contributed by atoms with Gasteiger partial charge in [0.2, 0.25) is 5.78 Å². The predicted molar refractivity (Wildman–Crippen MR) is 93.8 cm³/mol. The van der Waals surface area contributed by atoms with Crippen molar-refractivity contribution in [3.8, 4) is 5.75 Å². The number of methoxy groups -OCH3 is 2. The molecule has 2 aromatic rings. The number of ether oxygens (including phenoxy) is 3. The molecule has 1 aromatic heterocycles. The Morgan fingerprint density at radius 3 is 2.15 bits per heavy atom. The van der Waals surface area contributed by atoms with Gasteiger partial charge in [0.15, 0.2) is 6.10 Å². The molecule has 0 aliphatic carbocycles. The van der Waals surface area contributed by atoms with Crippen LogP contribution in [-0.4, -0.2) is 43.0 Å². The van der Waals surface area contributed by atoms with Crippen molar-refractivity contribution in [2.45, 2.75) is 26.9 Å². The number of benzene rings is 1. The first-order valence-electron chi connectivity index (χ1n) is 7.96. The molecule has 0 saturated heterocycles. The van der Waals surface area contributed by atoms with Crippen LogP contribution in [0.3, 0.4) is 0 Å². The van der Waals surface area contributed by atoms with E-state index in [2.05, 4.69) is 4.98 Å². The van der Waals surface area contributed by atoms with Gasteiger partial charge in [-0.25, -0.2) is 9.59 Å². The summed E-state index contributed by atoms with van der Waals surface area (Å²) >= 11 is 0. The highest BCUT2D eigenvalue weighted by Gasteiger charge is 2.27. The molecule has 0 radical (unpaired) electrons. The van der Waals surface area contributed by atoms with Crippen molar-refractivity contribution in [1.82, 2.24) is 4.98 Å². The first-order chi connectivity index (χ1) is 12.3. The molecule has 0 unspecified atom stereocenters. The summed E-state index contributed by atoms with van der Waals surface area (Å²) in [5.74, 6) is -0.970. The number of nitrogens with one attached hydrogen (secondary N) is 1. The minimum absolute atomic E-state index is 0.220. The van der Waals surface area contributed by atoms with Crippen molar-refractivity contribution in [2.24, 2.45) is 0 Å². The minimum atomic E-state index is -1.02. The molecule has 1 atom stereocenters. The molecule has 0 spiro atoms. The first-order valence-corrected chi connectivity index (χ1v) is 7.96. The van der Waals surface area contributed by atoms with E-state index in [1.54, 1.807) is 38.1 Å². The number of ketones is 1. The topological polar surface area (TPSA) is 94.7 Å². The van der Waals surface area contributed by atoms with Crippen LogP contribution < -0.4 is 4.74 Å². The van der Waals surface area contributed by atoms with Gasteiger partial charge in [0.25, 0.3) is 0 Å². The van der Waals surface area contributed by atoms with Gasteiger partial charge in [-0.3, -0.25) is 4.79 Å². The van der Waals surface area contributed by atoms with Gasteiger partial charge in [-0.15, -0.1) is 0 Å². The summed E-state index contributed by atoms with van der Waals surface area (Å²) in [7, 11) is 2.80. The van der Waals surface area contributed by atoms with Crippen molar-refractivity contribution in [3.63, 3.8) is 0 Å². The standard InChI is InChI=1S/C19H21NO6/c1-10-15(19(23)25-5)11(2)20-16(10)17(21)12(3)26-18(22)13-6-8-14(24-4)9-7-13/h6-9,12,20H,1-5H3/t12-/m0/s1. The number of H-pyrrole nitrogens is 1. The third-order valence-electron chi connectivity index (χ3n) is 4.05. The summed E-state index contributed by atoms with van der Waals surface area (Å²) in [5.41, 5.74) is 1.82. The number of hydrogen-bond donors (Lipinski definition) is 1. The number of aromatic nitrogens is 1. The quantitative estimate of drug-likeness (QED) is 0.629. The van der Waals surface area contributed by atoms with Crippen molar-refractivity contribution < 1.29 is 28.6 Å². The normalized spacial score (nSPS) is 11.6. The second-order valence-corrected chi connectivity index (χ2v) is 5.76. The van der Waals surface area contributed by atoms with Crippen LogP contribution in [0.4, 0.5) is 0 Å². The van der Waals surface area contributed by atoms with Gasteiger partial charge in [-0.05, 0) is 50.6 Å². The second-order valence-electron chi connectivity index (χ2n) is 5.76. The van der Waals surface area contributed by atoms with E-state index in [0.717, 1.165) is 0 Å². The molecule has 0 bridgehead atoms. The van der Waals surface area contributed by atoms with Crippen LogP contribution in [-0.2, 0) is 9.47 Å². The zero-order valence-electron chi connectivity index (χ0n) is 15.3. The molecule has 138 valence electrons. The highest BCUT2D eigenvalue weighted by molar-refractivity contribution is 6.04. The van der Waals surface area contributed by atoms with E-state index in [4.69, 9.17) is 14.2 Å². The number of rotatable bonds is 6. The Hall–Kier alpha value is -3.09. The zero-order valence-corrected chi connectivity index (χ0v) is 15.3. The Bertz CT molecular complexity index is 834. The highest BCUT2D eigenvalue weighted by Crippen LogP contribution is 2.21. The number of aromatic amines is 1. The Labute approximate surface area is 151 Å². The molecule has 0 fully saturated rings. The predicted octanol–water partition coefficient (Wildman–Crippen LogP) is 2.85. The highest BCUT2D eigenvalue weighted by atomic mass is 16.5. The summed E-state index contributed by atoms with van der Waals surface area (Å²) in [6, 6.07) is 6.37. The number of aryl methyl sites for hydroxylation is 1. The van der Waals surface area contributed by atoms with Crippen molar-refractivity contribution >= 4 is 17.7 Å². The van der Waals surface area contributed by atoms with E-state index in [1.807, 2.05) is 0 Å². The molecule has 0 amide bonds. The van der Waals surface area contributed by atoms with E-state index in [1.165, 1.54) is 21.1 Å². The maximum atomic E-state index is 12.6. The van der Waals surface area contributed by atoms with Gasteiger partial charge in [-0.1, -0.05) is 0 Å². The van der Waals surface area contributed by atoms with Crippen molar-refractivity contribution in [3.05, 3.63) is 52.3 Å². The van der Waals surface area contributed by atoms with E-state index < -0.39 is 23.8 Å². The number of hydrogen-bond acceptors (Lipinski definition) is 6. The van der Waals surface area contributed by atoms with Crippen LogP contribution in [0.15, 0.2) is 24.3 Å². The van der Waals surface area contributed by atoms with Crippen LogP contribution in [0.5, 0.6) is 5.75 Å². The van der Waals surface area contributed by atoms with Crippen molar-refractivity contribution in [1.29, 1.82) is 0 Å². The Balaban J connectivity index is 2.16. The Morgan fingerprint density at radius 1 is 1.00 bits per heavy atom. The second kappa shape index (κ2) is 7.86. The molecule has 7 nitrogen and oxygen atoms in total. The average molecular weight is 359 g/mol. The maximum Gasteiger partial charge on any atom is 0.339 e. The van der Waals surface area contributed by atoms with Gasteiger partial charge >= 0.3 is 11.9 Å². The molecular formula is C19H21NO6. The van der Waals surface area contributed by atoms with Crippen LogP contribution in [0.2, 0.25) is 0 Å². The molecule has 7 heteroatoms. The summed E-state index contributed by atoms with van der Waals surface area (Å²) in [4.78, 5) is 39.5. The van der Waals surface area contributed by atoms with E-state index in [9.17, 15) is 14.4 Å². The lowest BCUT2D eigenvalue weighted by Crippen LogP contribution is -2.25. The van der Waals surface area contributed by atoms with Gasteiger partial charge < -0.3 is 19.2 Å². The van der Waals surface area contributed by atoms with E-state index in [0.29, 0.717) is 28.1 Å². The lowest BCUT2D eigenvalue weighted by atomic mass is 10.1. The fourth-order valence-corrected chi connectivity index (χ4v) is 2.62. The molecule has 0 saturated carbocycles. The largest absolute Gasteiger partial charge is 0.497 e. The third-order valence-corrected chi connectivity index (χ3v) is 4.05. The SMILES string of the molecule is COC(=O)c1c(C)[nH]c(C(=O)[C@H](C)OC(=O)c2ccc(OC)cc2)c1C. The first kappa shape index (κ1) is 19.2. The molecular weight excluding hydrogens is 338 g/mol. The van der Waals surface area contributed by atoms with Crippen LogP contribution >= 0.6 is 0 Å². The number of esters is 2. The van der Waals surface area contributed by atoms with E-state index >= 15 is 0 Å². The van der Waals surface area contributed by atoms with Gasteiger partial charge in [0, 0.05) is 5.69 Å². The maximum absolute atomic E-state index is 12.6. The fraction of sp³-hybridized carbons (Fsp3) is 0.316. The molecule has 2 rings (SSSR count). The summed E-state index contributed by atoms with van der Waals surface area (Å²) in [6.07, 6.45) is -1.02. The molecule has 1 N–H and O–H groups in total. The molecule has 1 aromatic carbocycles. The lowest BCUT2D eigenvalue weighted by molar-refractivity contribution is 0.0316. The Morgan fingerprint density at radius 2 is 1.62 bits per heavy atom. The molecule has 1 heterocycles. The molecule has 0 aliphatic heterocycles. The van der Waals surface area contributed by atoms with E-state index in [-0.39, 0.29) is 5.69 Å². The average Bonchev–Trinajstić information content (AvgIpc) is 2.94. The summed E-state index contributed by atoms with van der Waals surface area (Å²) < 4.78 is 15.0. The fourth-order valence-electron chi connectivity index (χ4n) is 2.62. The lowest BCUT2D eigenvalue weighted by Gasteiger charge is -2.12. The molecule has 26 heavy (non-hydrogen) atoms. The summed E-state index contributed by atoms with van der Waals surface area (Å²) in [5, 5.41) is 0.